The minimum atomic E-state index is -4.19. The zero-order chi connectivity index (χ0) is 30.8. The van der Waals surface area contributed by atoms with Gasteiger partial charge in [-0.3, -0.25) is 4.98 Å². The number of benzene rings is 1. The van der Waals surface area contributed by atoms with Crippen LogP contribution < -0.4 is 0 Å². The van der Waals surface area contributed by atoms with E-state index in [9.17, 15) is 27.1 Å². The average molecular weight is 610 g/mol. The molecule has 0 bridgehead atoms. The molecule has 2 aromatic rings. The Labute approximate surface area is 237 Å². The number of hydrogen-bond acceptors (Lipinski definition) is 7. The number of aromatic nitrogens is 1. The van der Waals surface area contributed by atoms with E-state index in [0.29, 0.717) is 9.21 Å². The van der Waals surface area contributed by atoms with Crippen LogP contribution in [0.1, 0.15) is 29.3 Å². The van der Waals surface area contributed by atoms with Gasteiger partial charge in [-0.1, -0.05) is 25.7 Å². The summed E-state index contributed by atoms with van der Waals surface area (Å²) in [5.74, 6) is -4.02. The van der Waals surface area contributed by atoms with Gasteiger partial charge in [-0.2, -0.15) is 5.26 Å². The lowest BCUT2D eigenvalue weighted by molar-refractivity contribution is 0.0653. The molecule has 0 spiro atoms. The molecule has 15 heteroatoms. The quantitative estimate of drug-likeness (QED) is 0.257. The smallest absolute Gasteiger partial charge is 0.416 e. The number of pyridine rings is 1. The van der Waals surface area contributed by atoms with Crippen molar-refractivity contribution in [3.8, 4) is 6.07 Å². The van der Waals surface area contributed by atoms with E-state index < -0.39 is 71.3 Å². The van der Waals surface area contributed by atoms with Crippen molar-refractivity contribution in [3.05, 3.63) is 64.5 Å². The van der Waals surface area contributed by atoms with E-state index in [-0.39, 0.29) is 23.3 Å². The maximum absolute atomic E-state index is 15.2. The third-order valence-electron chi connectivity index (χ3n) is 6.28. The van der Waals surface area contributed by atoms with E-state index in [4.69, 9.17) is 10.00 Å². The van der Waals surface area contributed by atoms with E-state index in [1.165, 1.54) is 19.1 Å². The number of guanidine groups is 1. The van der Waals surface area contributed by atoms with E-state index in [2.05, 4.69) is 29.6 Å². The number of hydrogen-bond donors (Lipinski definition) is 1. The predicted octanol–water partition coefficient (Wildman–Crippen LogP) is 4.84. The molecule has 1 unspecified atom stereocenters. The lowest BCUT2D eigenvalue weighted by Crippen LogP contribution is -2.55. The van der Waals surface area contributed by atoms with Crippen LogP contribution in [0.3, 0.4) is 0 Å². The fourth-order valence-corrected chi connectivity index (χ4v) is 6.18. The zero-order valence-corrected chi connectivity index (χ0v) is 25.0. The van der Waals surface area contributed by atoms with Crippen LogP contribution in [-0.4, -0.2) is 74.0 Å². The maximum atomic E-state index is 15.2. The number of aliphatic imine (C=N–C) groups is 1. The molecule has 0 saturated heterocycles. The van der Waals surface area contributed by atoms with Crippen molar-refractivity contribution in [1.29, 1.82) is 5.26 Å². The standard InChI is InChI=1S/C26H30F3N5O5SSi/c1-26(15-40(37,38)33(2)24(32-26)34(25(35)36)16-39-8-9-41(3,4)5)19-10-17(6-7-20(19)27)11-22(29)23-12-21(28)18(13-30)14-31-23/h6-7,10-12,14H,8-9,15-16H2,1-5H3,(H,35,36). The normalized spacial score (nSPS) is 19.0. The largest absolute Gasteiger partial charge is 0.465 e. The van der Waals surface area contributed by atoms with E-state index in [1.54, 1.807) is 6.07 Å². The van der Waals surface area contributed by atoms with Gasteiger partial charge in [-0.15, -0.1) is 0 Å². The Morgan fingerprint density at radius 2 is 1.98 bits per heavy atom. The summed E-state index contributed by atoms with van der Waals surface area (Å²) < 4.78 is 76.5. The third kappa shape index (κ3) is 7.51. The van der Waals surface area contributed by atoms with Crippen LogP contribution >= 0.6 is 0 Å². The van der Waals surface area contributed by atoms with Crippen molar-refractivity contribution >= 4 is 42.1 Å². The Morgan fingerprint density at radius 3 is 2.56 bits per heavy atom. The minimum absolute atomic E-state index is 0.0736. The van der Waals surface area contributed by atoms with Crippen molar-refractivity contribution < 1.29 is 36.2 Å². The molecule has 0 saturated carbocycles. The molecule has 1 aromatic heterocycles. The van der Waals surface area contributed by atoms with Gasteiger partial charge in [-0.25, -0.2) is 40.6 Å². The molecule has 0 radical (unpaired) electrons. The summed E-state index contributed by atoms with van der Waals surface area (Å²) in [4.78, 5) is 20.8. The molecule has 1 atom stereocenters. The molecule has 0 aliphatic carbocycles. The molecule has 41 heavy (non-hydrogen) atoms. The maximum Gasteiger partial charge on any atom is 0.416 e. The molecule has 1 aliphatic rings. The second-order valence-electron chi connectivity index (χ2n) is 10.9. The van der Waals surface area contributed by atoms with Crippen LogP contribution in [0.5, 0.6) is 0 Å². The number of sulfonamides is 1. The molecule has 3 rings (SSSR count). The molecule has 1 amide bonds. The van der Waals surface area contributed by atoms with Gasteiger partial charge < -0.3 is 9.84 Å². The topological polar surface area (TPSA) is 136 Å². The fourth-order valence-electron chi connectivity index (χ4n) is 3.91. The molecule has 1 aromatic carbocycles. The Bertz CT molecular complexity index is 1560. The molecular weight excluding hydrogens is 579 g/mol. The van der Waals surface area contributed by atoms with Crippen molar-refractivity contribution in [2.24, 2.45) is 4.99 Å². The van der Waals surface area contributed by atoms with Crippen molar-refractivity contribution in [3.63, 3.8) is 0 Å². The Hall–Kier alpha value is -3.74. The molecule has 0 fully saturated rings. The number of amides is 1. The number of halogens is 3. The van der Waals surface area contributed by atoms with E-state index >= 15 is 4.39 Å². The average Bonchev–Trinajstić information content (AvgIpc) is 2.86. The highest BCUT2D eigenvalue weighted by atomic mass is 32.2. The highest BCUT2D eigenvalue weighted by Crippen LogP contribution is 2.36. The highest BCUT2D eigenvalue weighted by molar-refractivity contribution is 7.89. The monoisotopic (exact) mass is 609 g/mol. The second kappa shape index (κ2) is 12.0. The summed E-state index contributed by atoms with van der Waals surface area (Å²) in [6.45, 7) is 7.43. The summed E-state index contributed by atoms with van der Waals surface area (Å²) in [6.07, 6.45) is 0.284. The molecule has 1 aliphatic heterocycles. The van der Waals surface area contributed by atoms with Gasteiger partial charge in [0.05, 0.1) is 5.75 Å². The fraction of sp³-hybridized carbons (Fsp3) is 0.385. The molecule has 220 valence electrons. The lowest BCUT2D eigenvalue weighted by Gasteiger charge is -2.38. The first kappa shape index (κ1) is 31.8. The van der Waals surface area contributed by atoms with Gasteiger partial charge >= 0.3 is 6.09 Å². The van der Waals surface area contributed by atoms with Crippen LogP contribution in [0.15, 0.2) is 35.5 Å². The number of carbonyl (C=O) groups is 1. The first-order valence-electron chi connectivity index (χ1n) is 12.4. The summed E-state index contributed by atoms with van der Waals surface area (Å²) >= 11 is 0. The number of rotatable bonds is 8. The predicted molar refractivity (Wildman–Crippen MR) is 149 cm³/mol. The van der Waals surface area contributed by atoms with Gasteiger partial charge in [0.1, 0.15) is 47.1 Å². The Kier molecular flexibility index (Phi) is 9.31. The van der Waals surface area contributed by atoms with Crippen molar-refractivity contribution in [1.82, 2.24) is 14.2 Å². The third-order valence-corrected chi connectivity index (χ3v) is 9.91. The summed E-state index contributed by atoms with van der Waals surface area (Å²) in [5, 5.41) is 18.7. The van der Waals surface area contributed by atoms with Gasteiger partial charge in [0.2, 0.25) is 16.0 Å². The van der Waals surface area contributed by atoms with Crippen LogP contribution in [0.2, 0.25) is 25.7 Å². The van der Waals surface area contributed by atoms with Crippen molar-refractivity contribution in [2.75, 3.05) is 26.1 Å². The SMILES string of the molecule is CN1C(N(COCC[Si](C)(C)C)C(=O)O)=NC(C)(c2cc(C=C(F)c3cc(F)c(C#N)cn3)ccc2F)CS1(=O)=O. The Morgan fingerprint density at radius 1 is 1.29 bits per heavy atom. The summed E-state index contributed by atoms with van der Waals surface area (Å²) in [7, 11) is -4.54. The number of ether oxygens (including phenoxy) is 1. The molecule has 10 nitrogen and oxygen atoms in total. The van der Waals surface area contributed by atoms with Crippen molar-refractivity contribution in [2.45, 2.75) is 38.1 Å². The van der Waals surface area contributed by atoms with E-state index in [1.807, 2.05) is 0 Å². The first-order chi connectivity index (χ1) is 19.0. The molecule has 1 N–H and O–H groups in total. The molecule has 2 heterocycles. The highest BCUT2D eigenvalue weighted by Gasteiger charge is 2.45. The Balaban J connectivity index is 2.03. The first-order valence-corrected chi connectivity index (χ1v) is 17.7. The van der Waals surface area contributed by atoms with Crippen LogP contribution in [0.4, 0.5) is 18.0 Å². The number of carboxylic acid groups (broad SMARTS) is 1. The number of nitriles is 1. The van der Waals surface area contributed by atoms with Gasteiger partial charge in [0.15, 0.2) is 0 Å². The van der Waals surface area contributed by atoms with Crippen LogP contribution in [0, 0.1) is 23.0 Å². The van der Waals surface area contributed by atoms with Gasteiger partial charge in [-0.05, 0) is 36.7 Å². The summed E-state index contributed by atoms with van der Waals surface area (Å²) in [6, 6.07) is 6.44. The second-order valence-corrected chi connectivity index (χ2v) is 18.5. The van der Waals surface area contributed by atoms with Gasteiger partial charge in [0, 0.05) is 39.6 Å². The molecular formula is C26H30F3N5O5SSi. The van der Waals surface area contributed by atoms with Crippen LogP contribution in [-0.2, 0) is 20.3 Å². The summed E-state index contributed by atoms with van der Waals surface area (Å²) in [5.41, 5.74) is -2.75. The van der Waals surface area contributed by atoms with Gasteiger partial charge in [0.25, 0.3) is 0 Å². The van der Waals surface area contributed by atoms with Crippen LogP contribution in [0.25, 0.3) is 11.9 Å². The lowest BCUT2D eigenvalue weighted by atomic mass is 9.92. The minimum Gasteiger partial charge on any atom is -0.465 e. The zero-order valence-electron chi connectivity index (χ0n) is 23.2. The van der Waals surface area contributed by atoms with E-state index in [0.717, 1.165) is 37.5 Å². The number of nitrogens with zero attached hydrogens (tertiary/aromatic N) is 5.